The van der Waals surface area contributed by atoms with Crippen molar-refractivity contribution in [3.8, 4) is 0 Å². The standard InChI is InChI=1S/C35H44F5N5O3S/c1-22-26-8-7-9-29(30(26)36)35(39,40)25-10-16-44(17-11-25)21-34(37,38)14-5-3-4-6-15-45-32-28(31(41-22)42-23(2)43-32)20-27(33(45)46)24-12-18-49(47,48)19-13-24/h7-9,20,22,24-25H,3-6,10-19,21H2,1-2H3,(H,41,42,43)/t22-/m1/s1. The number of nitrogens with zero attached hydrogens (tertiary/aromatic N) is 4. The number of fused-ring (bicyclic) bond motifs is 10. The highest BCUT2D eigenvalue weighted by molar-refractivity contribution is 7.91. The molecule has 1 N–H and O–H groups in total. The van der Waals surface area contributed by atoms with Crippen LogP contribution in [0.1, 0.15) is 99.2 Å². The maximum absolute atomic E-state index is 16.1. The van der Waals surface area contributed by atoms with Gasteiger partial charge < -0.3 is 5.32 Å². The zero-order valence-electron chi connectivity index (χ0n) is 28.0. The maximum Gasteiger partial charge on any atom is 0.278 e. The largest absolute Gasteiger partial charge is 0.363 e. The number of pyridine rings is 1. The van der Waals surface area contributed by atoms with Crippen molar-refractivity contribution in [2.24, 2.45) is 5.92 Å². The molecule has 8 nitrogen and oxygen atoms in total. The summed E-state index contributed by atoms with van der Waals surface area (Å²) < 4.78 is 104. The topological polar surface area (TPSA) is 97.2 Å². The van der Waals surface area contributed by atoms with Crippen molar-refractivity contribution in [1.29, 1.82) is 0 Å². The average molecular weight is 710 g/mol. The number of benzene rings is 1. The normalized spacial score (nSPS) is 26.5. The first-order valence-electron chi connectivity index (χ1n) is 17.3. The van der Waals surface area contributed by atoms with E-state index in [0.717, 1.165) is 6.07 Å². The number of sulfone groups is 1. The lowest BCUT2D eigenvalue weighted by Gasteiger charge is -2.37. The van der Waals surface area contributed by atoms with Gasteiger partial charge in [0.05, 0.1) is 35.0 Å². The summed E-state index contributed by atoms with van der Waals surface area (Å²) in [7, 11) is -3.20. The SMILES string of the molecule is Cc1nc2c3cc(C4CCS(=O)(=O)CC4)c(=O)n(c3n1)CCCCCCC(F)(F)CN1CCC(CC1)C(F)(F)c1cccc(c1F)[C@@H](C)N2. The van der Waals surface area contributed by atoms with E-state index in [1.54, 1.807) is 24.5 Å². The Morgan fingerprint density at radius 3 is 2.33 bits per heavy atom. The second-order valence-electron chi connectivity index (χ2n) is 14.1. The van der Waals surface area contributed by atoms with Crippen LogP contribution in [0.2, 0.25) is 0 Å². The summed E-state index contributed by atoms with van der Waals surface area (Å²) in [6, 6.07) is 4.78. The van der Waals surface area contributed by atoms with Crippen molar-refractivity contribution < 1.29 is 30.4 Å². The molecule has 14 heteroatoms. The highest BCUT2D eigenvalue weighted by Gasteiger charge is 2.46. The molecule has 0 aliphatic carbocycles. The molecule has 6 heterocycles. The Kier molecular flexibility index (Phi) is 10.1. The van der Waals surface area contributed by atoms with Crippen molar-refractivity contribution in [1.82, 2.24) is 19.4 Å². The van der Waals surface area contributed by atoms with Crippen LogP contribution in [0.3, 0.4) is 0 Å². The lowest BCUT2D eigenvalue weighted by molar-refractivity contribution is -0.0992. The quantitative estimate of drug-likeness (QED) is 0.269. The Hall–Kier alpha value is -3.13. The van der Waals surface area contributed by atoms with Crippen LogP contribution in [-0.4, -0.2) is 64.9 Å². The van der Waals surface area contributed by atoms with Gasteiger partial charge in [-0.25, -0.2) is 40.3 Å². The molecule has 0 radical (unpaired) electrons. The first kappa shape index (κ1) is 35.7. The summed E-state index contributed by atoms with van der Waals surface area (Å²) in [5, 5.41) is 3.68. The predicted molar refractivity (Wildman–Crippen MR) is 179 cm³/mol. The molecule has 2 saturated heterocycles. The van der Waals surface area contributed by atoms with Gasteiger partial charge in [0.25, 0.3) is 17.4 Å². The fourth-order valence-electron chi connectivity index (χ4n) is 7.70. The summed E-state index contributed by atoms with van der Waals surface area (Å²) >= 11 is 0. The van der Waals surface area contributed by atoms with Crippen LogP contribution in [0.25, 0.3) is 11.0 Å². The van der Waals surface area contributed by atoms with Gasteiger partial charge >= 0.3 is 0 Å². The number of hydrogen-bond acceptors (Lipinski definition) is 7. The Bertz CT molecular complexity index is 1850. The van der Waals surface area contributed by atoms with Crippen molar-refractivity contribution in [3.63, 3.8) is 0 Å². The van der Waals surface area contributed by atoms with Gasteiger partial charge in [-0.15, -0.1) is 0 Å². The van der Waals surface area contributed by atoms with Crippen molar-refractivity contribution in [2.45, 2.75) is 102 Å². The minimum Gasteiger partial charge on any atom is -0.363 e. The van der Waals surface area contributed by atoms with E-state index in [2.05, 4.69) is 15.3 Å². The van der Waals surface area contributed by atoms with Gasteiger partial charge in [-0.1, -0.05) is 31.0 Å². The third-order valence-electron chi connectivity index (χ3n) is 10.5. The molecule has 0 unspecified atom stereocenters. The summed E-state index contributed by atoms with van der Waals surface area (Å²) in [6.45, 7) is 3.23. The van der Waals surface area contributed by atoms with Crippen LogP contribution < -0.4 is 10.9 Å². The molecule has 4 aliphatic heterocycles. The van der Waals surface area contributed by atoms with Crippen molar-refractivity contribution in [3.05, 3.63) is 63.0 Å². The van der Waals surface area contributed by atoms with E-state index in [9.17, 15) is 22.0 Å². The lowest BCUT2D eigenvalue weighted by Crippen LogP contribution is -2.44. The second kappa shape index (κ2) is 13.9. The predicted octanol–water partition coefficient (Wildman–Crippen LogP) is 7.11. The second-order valence-corrected chi connectivity index (χ2v) is 16.4. The van der Waals surface area contributed by atoms with Gasteiger partial charge in [0.15, 0.2) is 0 Å². The molecule has 0 amide bonds. The molecule has 0 saturated carbocycles. The first-order chi connectivity index (χ1) is 23.1. The number of alkyl halides is 4. The number of rotatable bonds is 1. The summed E-state index contributed by atoms with van der Waals surface area (Å²) in [4.78, 5) is 24.7. The number of halogens is 5. The number of aromatic nitrogens is 3. The Balaban J connectivity index is 1.43. The number of nitrogens with one attached hydrogen (secondary N) is 1. The zero-order valence-corrected chi connectivity index (χ0v) is 28.8. The third kappa shape index (κ3) is 7.64. The van der Waals surface area contributed by atoms with Gasteiger partial charge in [0.2, 0.25) is 0 Å². The summed E-state index contributed by atoms with van der Waals surface area (Å²) in [6.07, 6.45) is 2.12. The van der Waals surface area contributed by atoms with Gasteiger partial charge in [-0.05, 0) is 77.4 Å². The van der Waals surface area contributed by atoms with E-state index in [1.165, 1.54) is 17.0 Å². The molecule has 3 aromatic rings. The number of aryl methyl sites for hydroxylation is 2. The molecule has 7 rings (SSSR count). The zero-order chi connectivity index (χ0) is 35.1. The number of hydrogen-bond donors (Lipinski definition) is 1. The Labute approximate surface area is 283 Å². The van der Waals surface area contributed by atoms with E-state index in [4.69, 9.17) is 0 Å². The monoisotopic (exact) mass is 709 g/mol. The van der Waals surface area contributed by atoms with Crippen molar-refractivity contribution in [2.75, 3.05) is 36.5 Å². The minimum absolute atomic E-state index is 0.00634. The van der Waals surface area contributed by atoms with Crippen LogP contribution in [-0.2, 0) is 22.3 Å². The fourth-order valence-corrected chi connectivity index (χ4v) is 9.19. The number of piperidine rings is 1. The van der Waals surface area contributed by atoms with Gasteiger partial charge in [-0.3, -0.25) is 14.3 Å². The van der Waals surface area contributed by atoms with E-state index >= 15 is 13.2 Å². The van der Waals surface area contributed by atoms with E-state index < -0.39 is 51.6 Å². The van der Waals surface area contributed by atoms with E-state index in [1.807, 2.05) is 0 Å². The van der Waals surface area contributed by atoms with Gasteiger partial charge in [-0.2, -0.15) is 0 Å². The first-order valence-corrected chi connectivity index (χ1v) is 19.1. The molecule has 1 atom stereocenters. The van der Waals surface area contributed by atoms with Crippen molar-refractivity contribution >= 4 is 26.7 Å². The summed E-state index contributed by atoms with van der Waals surface area (Å²) in [5.41, 5.74) is -0.250. The molecule has 8 bridgehead atoms. The minimum atomic E-state index is -3.51. The summed E-state index contributed by atoms with van der Waals surface area (Å²) in [5.74, 6) is -8.49. The molecule has 0 spiro atoms. The Morgan fingerprint density at radius 1 is 0.918 bits per heavy atom. The lowest BCUT2D eigenvalue weighted by atomic mass is 9.85. The van der Waals surface area contributed by atoms with Crippen LogP contribution in [0.4, 0.5) is 27.8 Å². The smallest absolute Gasteiger partial charge is 0.278 e. The van der Waals surface area contributed by atoms with Crippen LogP contribution in [0, 0.1) is 18.7 Å². The molecule has 4 aliphatic rings. The highest BCUT2D eigenvalue weighted by Crippen LogP contribution is 2.44. The molecular weight excluding hydrogens is 665 g/mol. The van der Waals surface area contributed by atoms with Crippen LogP contribution in [0.15, 0.2) is 29.1 Å². The van der Waals surface area contributed by atoms with Crippen LogP contribution in [0.5, 0.6) is 0 Å². The van der Waals surface area contributed by atoms with Gasteiger partial charge in [0, 0.05) is 30.0 Å². The fraction of sp³-hybridized carbons (Fsp3) is 0.629. The van der Waals surface area contributed by atoms with Gasteiger partial charge in [0.1, 0.15) is 32.9 Å². The highest BCUT2D eigenvalue weighted by atomic mass is 32.2. The Morgan fingerprint density at radius 2 is 1.61 bits per heavy atom. The van der Waals surface area contributed by atoms with E-state index in [-0.39, 0.29) is 86.7 Å². The molecule has 1 aromatic carbocycles. The molecule has 2 aromatic heterocycles. The third-order valence-corrected chi connectivity index (χ3v) is 12.2. The molecule has 49 heavy (non-hydrogen) atoms. The van der Waals surface area contributed by atoms with E-state index in [0.29, 0.717) is 47.5 Å². The molecular formula is C35H44F5N5O3S. The van der Waals surface area contributed by atoms with Crippen LogP contribution >= 0.6 is 0 Å². The molecule has 2 fully saturated rings. The maximum atomic E-state index is 16.1. The average Bonchev–Trinajstić information content (AvgIpc) is 3.03. The number of anilines is 1. The molecule has 268 valence electrons.